The van der Waals surface area contributed by atoms with Crippen molar-refractivity contribution in [3.8, 4) is 0 Å². The molecule has 1 saturated heterocycles. The number of hydrogen-bond acceptors (Lipinski definition) is 4. The van der Waals surface area contributed by atoms with Gasteiger partial charge in [0.15, 0.2) is 0 Å². The average molecular weight is 301 g/mol. The van der Waals surface area contributed by atoms with Crippen molar-refractivity contribution in [3.05, 3.63) is 39.3 Å². The number of nitrogens with zero attached hydrogens (tertiary/aromatic N) is 3. The van der Waals surface area contributed by atoms with Crippen LogP contribution in [0.15, 0.2) is 17.2 Å². The topological polar surface area (TPSA) is 84.3 Å². The number of hydrogen-bond donors (Lipinski definition) is 0. The first-order valence-electron chi connectivity index (χ1n) is 7.17. The Labute approximate surface area is 130 Å². The molecule has 0 bridgehead atoms. The molecule has 1 fully saturated rings. The van der Waals surface area contributed by atoms with Crippen molar-refractivity contribution in [2.45, 2.75) is 52.4 Å². The molecule has 1 aromatic carbocycles. The highest BCUT2D eigenvalue weighted by atomic mass is 16.7. The van der Waals surface area contributed by atoms with Gasteiger partial charge in [-0.15, -0.1) is 0 Å². The van der Waals surface area contributed by atoms with E-state index in [0.717, 1.165) is 22.9 Å². The molecule has 1 aromatic rings. The van der Waals surface area contributed by atoms with Crippen LogP contribution in [0.4, 0.5) is 0 Å². The summed E-state index contributed by atoms with van der Waals surface area (Å²) >= 11 is 0. The number of carbonyl (C=O) groups is 1. The molecule has 0 aromatic heterocycles. The third kappa shape index (κ3) is 2.88. The van der Waals surface area contributed by atoms with Crippen LogP contribution in [0.5, 0.6) is 0 Å². The van der Waals surface area contributed by atoms with E-state index in [0.29, 0.717) is 5.56 Å². The smallest absolute Gasteiger partial charge is 0.399 e. The Morgan fingerprint density at radius 3 is 2.36 bits per heavy atom. The van der Waals surface area contributed by atoms with Gasteiger partial charge in [0.25, 0.3) is 0 Å². The van der Waals surface area contributed by atoms with Gasteiger partial charge in [-0.25, -0.2) is 0 Å². The molecule has 0 saturated carbocycles. The lowest BCUT2D eigenvalue weighted by atomic mass is 9.74. The largest absolute Gasteiger partial charge is 0.495 e. The third-order valence-corrected chi connectivity index (χ3v) is 4.50. The van der Waals surface area contributed by atoms with Crippen LogP contribution < -0.4 is 5.46 Å². The van der Waals surface area contributed by atoms with Gasteiger partial charge in [0.1, 0.15) is 6.29 Å². The van der Waals surface area contributed by atoms with Gasteiger partial charge in [-0.1, -0.05) is 11.2 Å². The fourth-order valence-electron chi connectivity index (χ4n) is 2.37. The number of carbonyl (C=O) groups excluding carboxylic acids is 1. The highest BCUT2D eigenvalue weighted by Crippen LogP contribution is 2.36. The first-order chi connectivity index (χ1) is 10.2. The number of rotatable bonds is 4. The summed E-state index contributed by atoms with van der Waals surface area (Å²) in [5.41, 5.74) is 10.5. The van der Waals surface area contributed by atoms with Crippen LogP contribution in [0.3, 0.4) is 0 Å². The Balaban J connectivity index is 2.46. The normalized spacial score (nSPS) is 18.9. The maximum atomic E-state index is 11.3. The zero-order chi connectivity index (χ0) is 16.5. The van der Waals surface area contributed by atoms with E-state index in [9.17, 15) is 4.79 Å². The maximum absolute atomic E-state index is 11.3. The molecule has 1 heterocycles. The number of benzene rings is 1. The summed E-state index contributed by atoms with van der Waals surface area (Å²) in [5.74, 6) is 0. The van der Waals surface area contributed by atoms with E-state index < -0.39 is 18.3 Å². The van der Waals surface area contributed by atoms with Crippen molar-refractivity contribution in [1.82, 2.24) is 0 Å². The maximum Gasteiger partial charge on any atom is 0.495 e. The zero-order valence-corrected chi connectivity index (χ0v) is 13.6. The lowest BCUT2D eigenvalue weighted by Crippen LogP contribution is -2.41. The standard InChI is InChI=1S/C15H20BN3O3/c1-10-12(9-20)6-11(8-18-19-17)7-13(10)16-21-14(2,3)15(4,5)22-16/h6-7,9H,8H2,1-5H3. The van der Waals surface area contributed by atoms with Crippen molar-refractivity contribution in [2.24, 2.45) is 5.11 Å². The van der Waals surface area contributed by atoms with Gasteiger partial charge in [0.2, 0.25) is 0 Å². The fraction of sp³-hybridized carbons (Fsp3) is 0.533. The summed E-state index contributed by atoms with van der Waals surface area (Å²) in [6.07, 6.45) is 0.795. The molecular weight excluding hydrogens is 281 g/mol. The molecular formula is C15H20BN3O3. The minimum absolute atomic E-state index is 0.185. The van der Waals surface area contributed by atoms with Gasteiger partial charge >= 0.3 is 7.12 Å². The van der Waals surface area contributed by atoms with Crippen LogP contribution in [0, 0.1) is 6.92 Å². The second-order valence-corrected chi connectivity index (χ2v) is 6.49. The summed E-state index contributed by atoms with van der Waals surface area (Å²) in [5, 5.41) is 3.56. The van der Waals surface area contributed by atoms with E-state index >= 15 is 0 Å². The molecule has 1 aliphatic rings. The quantitative estimate of drug-likeness (QED) is 0.282. The summed E-state index contributed by atoms with van der Waals surface area (Å²) in [4.78, 5) is 14.0. The van der Waals surface area contributed by atoms with E-state index in [1.165, 1.54) is 0 Å². The minimum atomic E-state index is -0.547. The summed E-state index contributed by atoms with van der Waals surface area (Å²) in [6, 6.07) is 3.60. The second-order valence-electron chi connectivity index (χ2n) is 6.49. The molecule has 0 N–H and O–H groups in total. The molecule has 22 heavy (non-hydrogen) atoms. The molecule has 2 rings (SSSR count). The van der Waals surface area contributed by atoms with E-state index in [-0.39, 0.29) is 6.54 Å². The van der Waals surface area contributed by atoms with Gasteiger partial charge in [0, 0.05) is 10.5 Å². The van der Waals surface area contributed by atoms with Gasteiger partial charge in [-0.2, -0.15) is 0 Å². The highest BCUT2D eigenvalue weighted by molar-refractivity contribution is 6.62. The van der Waals surface area contributed by atoms with E-state index in [1.807, 2.05) is 40.7 Å². The Morgan fingerprint density at radius 2 is 1.86 bits per heavy atom. The number of azide groups is 1. The predicted octanol–water partition coefficient (Wildman–Crippen LogP) is 2.92. The predicted molar refractivity (Wildman–Crippen MR) is 85.1 cm³/mol. The summed E-state index contributed by atoms with van der Waals surface area (Å²) in [7, 11) is -0.547. The second kappa shape index (κ2) is 5.76. The van der Waals surface area contributed by atoms with Gasteiger partial charge < -0.3 is 9.31 Å². The highest BCUT2D eigenvalue weighted by Gasteiger charge is 2.52. The molecule has 1 aliphatic heterocycles. The Kier molecular flexibility index (Phi) is 4.33. The summed E-state index contributed by atoms with van der Waals surface area (Å²) in [6.45, 7) is 9.96. The Hall–Kier alpha value is -1.82. The minimum Gasteiger partial charge on any atom is -0.399 e. The van der Waals surface area contributed by atoms with Gasteiger partial charge in [-0.3, -0.25) is 4.79 Å². The molecule has 0 radical (unpaired) electrons. The fourth-order valence-corrected chi connectivity index (χ4v) is 2.37. The Bertz CT molecular complexity index is 636. The molecule has 0 atom stereocenters. The SMILES string of the molecule is Cc1c(C=O)cc(CN=[N+]=[N-])cc1B1OC(C)(C)C(C)(C)O1. The van der Waals surface area contributed by atoms with Crippen molar-refractivity contribution in [2.75, 3.05) is 0 Å². The van der Waals surface area contributed by atoms with Crippen LogP contribution in [0.1, 0.15) is 49.2 Å². The van der Waals surface area contributed by atoms with E-state index in [2.05, 4.69) is 10.0 Å². The van der Waals surface area contributed by atoms with Crippen LogP contribution in [0.2, 0.25) is 0 Å². The van der Waals surface area contributed by atoms with Crippen LogP contribution in [-0.4, -0.2) is 24.6 Å². The molecule has 0 aliphatic carbocycles. The first-order valence-corrected chi connectivity index (χ1v) is 7.17. The third-order valence-electron chi connectivity index (χ3n) is 4.50. The molecule has 0 unspecified atom stereocenters. The molecule has 116 valence electrons. The lowest BCUT2D eigenvalue weighted by molar-refractivity contribution is 0.00578. The summed E-state index contributed by atoms with van der Waals surface area (Å²) < 4.78 is 12.1. The van der Waals surface area contributed by atoms with E-state index in [1.54, 1.807) is 6.07 Å². The van der Waals surface area contributed by atoms with E-state index in [4.69, 9.17) is 14.8 Å². The van der Waals surface area contributed by atoms with Gasteiger partial charge in [-0.05, 0) is 62.8 Å². The van der Waals surface area contributed by atoms with Crippen LogP contribution in [0.25, 0.3) is 10.4 Å². The van der Waals surface area contributed by atoms with Crippen molar-refractivity contribution in [1.29, 1.82) is 0 Å². The number of aldehydes is 1. The van der Waals surface area contributed by atoms with Crippen LogP contribution >= 0.6 is 0 Å². The zero-order valence-electron chi connectivity index (χ0n) is 13.6. The van der Waals surface area contributed by atoms with Crippen LogP contribution in [-0.2, 0) is 15.9 Å². The molecule has 7 heteroatoms. The monoisotopic (exact) mass is 301 g/mol. The molecule has 0 spiro atoms. The first kappa shape index (κ1) is 16.6. The van der Waals surface area contributed by atoms with Crippen molar-refractivity contribution >= 4 is 18.9 Å². The Morgan fingerprint density at radius 1 is 1.27 bits per heavy atom. The molecule has 0 amide bonds. The average Bonchev–Trinajstić information content (AvgIpc) is 2.66. The van der Waals surface area contributed by atoms with Crippen molar-refractivity contribution < 1.29 is 14.1 Å². The lowest BCUT2D eigenvalue weighted by Gasteiger charge is -2.32. The molecule has 6 nitrogen and oxygen atoms in total. The van der Waals surface area contributed by atoms with Crippen molar-refractivity contribution in [3.63, 3.8) is 0 Å². The van der Waals surface area contributed by atoms with Gasteiger partial charge in [0.05, 0.1) is 17.7 Å².